The van der Waals surface area contributed by atoms with Gasteiger partial charge >= 0.3 is 0 Å². The zero-order chi connectivity index (χ0) is 49.4. The van der Waals surface area contributed by atoms with Crippen molar-refractivity contribution in [3.63, 3.8) is 0 Å². The Morgan fingerprint density at radius 2 is 0.897 bits per heavy atom. The van der Waals surface area contributed by atoms with Gasteiger partial charge in [-0.25, -0.2) is 0 Å². The molecule has 356 valence electrons. The molecule has 0 saturated carbocycles. The van der Waals surface area contributed by atoms with Crippen LogP contribution in [0.5, 0.6) is 0 Å². The first kappa shape index (κ1) is 47.4. The van der Waals surface area contributed by atoms with Gasteiger partial charge in [-0.3, -0.25) is 0 Å². The van der Waals surface area contributed by atoms with Crippen LogP contribution in [0.4, 0.5) is 34.1 Å². The fourth-order valence-electron chi connectivity index (χ4n) is 12.3. The van der Waals surface area contributed by atoms with E-state index in [1.165, 1.54) is 130 Å². The first-order chi connectivity index (χ1) is 31.2. The Labute approximate surface area is 416 Å². The van der Waals surface area contributed by atoms with E-state index in [9.17, 15) is 0 Å². The number of anilines is 6. The molecular formula is C64H81BN2S. The van der Waals surface area contributed by atoms with Gasteiger partial charge in [0.05, 0.1) is 5.69 Å². The minimum Gasteiger partial charge on any atom is -0.311 e. The zero-order valence-corrected chi connectivity index (χ0v) is 46.5. The van der Waals surface area contributed by atoms with E-state index >= 15 is 0 Å². The van der Waals surface area contributed by atoms with Crippen molar-refractivity contribution < 1.29 is 0 Å². The van der Waals surface area contributed by atoms with Crippen LogP contribution in [-0.2, 0) is 43.3 Å². The van der Waals surface area contributed by atoms with E-state index in [1.54, 1.807) is 0 Å². The molecule has 0 spiro atoms. The van der Waals surface area contributed by atoms with Gasteiger partial charge in [0.2, 0.25) is 0 Å². The predicted molar refractivity (Wildman–Crippen MR) is 301 cm³/mol. The Kier molecular flexibility index (Phi) is 10.2. The molecule has 0 fully saturated rings. The molecule has 0 amide bonds. The van der Waals surface area contributed by atoms with Crippen LogP contribution in [0.2, 0.25) is 0 Å². The quantitative estimate of drug-likeness (QED) is 0.159. The lowest BCUT2D eigenvalue weighted by molar-refractivity contribution is 0.332. The highest BCUT2D eigenvalue weighted by molar-refractivity contribution is 7.33. The summed E-state index contributed by atoms with van der Waals surface area (Å²) in [6.45, 7) is 48.5. The van der Waals surface area contributed by atoms with Gasteiger partial charge in [0.1, 0.15) is 0 Å². The molecule has 0 radical (unpaired) electrons. The highest BCUT2D eigenvalue weighted by atomic mass is 32.1. The van der Waals surface area contributed by atoms with Crippen LogP contribution in [0, 0.1) is 0 Å². The van der Waals surface area contributed by atoms with E-state index in [-0.39, 0.29) is 50.0 Å². The predicted octanol–water partition coefficient (Wildman–Crippen LogP) is 16.9. The molecule has 5 aromatic carbocycles. The van der Waals surface area contributed by atoms with E-state index < -0.39 is 0 Å². The van der Waals surface area contributed by atoms with Gasteiger partial charge in [-0.05, 0) is 179 Å². The molecule has 2 aliphatic carbocycles. The third kappa shape index (κ3) is 7.37. The second-order valence-electron chi connectivity index (χ2n) is 28.5. The fourth-order valence-corrected chi connectivity index (χ4v) is 13.7. The molecule has 68 heavy (non-hydrogen) atoms. The van der Waals surface area contributed by atoms with Crippen molar-refractivity contribution in [2.24, 2.45) is 0 Å². The van der Waals surface area contributed by atoms with Crippen molar-refractivity contribution in [2.75, 3.05) is 9.80 Å². The molecule has 2 aliphatic heterocycles. The molecule has 4 heteroatoms. The van der Waals surface area contributed by atoms with Crippen LogP contribution in [0.1, 0.15) is 209 Å². The lowest BCUT2D eigenvalue weighted by Gasteiger charge is -2.46. The number of hydrogen-bond donors (Lipinski definition) is 0. The molecule has 1 aromatic heterocycles. The largest absolute Gasteiger partial charge is 0.311 e. The molecule has 0 saturated heterocycles. The standard InChI is InChI=1S/C64H81BN2S/c1-57(2,3)38-21-24-50-49(32-38)65-54-51(66(50)43-30-39(58(4,5)6)29-40(31-43)59(7,8)9)33-41(60(10,11)12)34-52(54)67(42-22-23-45-46(35-42)62(15,16)26-25-61(45,13)14)55-44-36-47-48(37-53(44)68-56(55)65)64(19,20)28-27-63(47,17)18/h21-24,29-37H,25-28H2,1-20H3. The van der Waals surface area contributed by atoms with Crippen molar-refractivity contribution in [2.45, 2.75) is 207 Å². The highest BCUT2D eigenvalue weighted by Crippen LogP contribution is 2.55. The molecule has 3 heterocycles. The maximum Gasteiger partial charge on any atom is 0.264 e. The Hall–Kier alpha value is -4.28. The van der Waals surface area contributed by atoms with E-state index in [0.29, 0.717) is 0 Å². The Bertz CT molecular complexity index is 3040. The maximum atomic E-state index is 2.77. The monoisotopic (exact) mass is 921 g/mol. The molecule has 2 nitrogen and oxygen atoms in total. The van der Waals surface area contributed by atoms with E-state index in [2.05, 4.69) is 238 Å². The van der Waals surface area contributed by atoms with Gasteiger partial charge in [-0.15, -0.1) is 11.3 Å². The second kappa shape index (κ2) is 14.6. The van der Waals surface area contributed by atoms with Crippen molar-refractivity contribution in [3.8, 4) is 0 Å². The van der Waals surface area contributed by atoms with Crippen molar-refractivity contribution >= 4 is 78.0 Å². The molecule has 4 aliphatic rings. The number of benzene rings is 5. The lowest BCUT2D eigenvalue weighted by Crippen LogP contribution is -2.60. The summed E-state index contributed by atoms with van der Waals surface area (Å²) in [5.74, 6) is 0. The summed E-state index contributed by atoms with van der Waals surface area (Å²) in [5.41, 5.74) is 22.5. The molecule has 6 aromatic rings. The Morgan fingerprint density at radius 3 is 1.43 bits per heavy atom. The van der Waals surface area contributed by atoms with Crippen LogP contribution in [0.15, 0.2) is 78.9 Å². The van der Waals surface area contributed by atoms with Gasteiger partial charge in [-0.2, -0.15) is 0 Å². The number of thiophene rings is 1. The average molecular weight is 921 g/mol. The van der Waals surface area contributed by atoms with Gasteiger partial charge < -0.3 is 9.80 Å². The number of hydrogen-bond acceptors (Lipinski definition) is 3. The Balaban J connectivity index is 1.39. The zero-order valence-electron chi connectivity index (χ0n) is 45.7. The third-order valence-electron chi connectivity index (χ3n) is 17.4. The first-order valence-electron chi connectivity index (χ1n) is 26.0. The summed E-state index contributed by atoms with van der Waals surface area (Å²) >= 11 is 2.07. The summed E-state index contributed by atoms with van der Waals surface area (Å²) < 4.78 is 2.89. The average Bonchev–Trinajstić information content (AvgIpc) is 3.60. The van der Waals surface area contributed by atoms with Crippen LogP contribution in [-0.4, -0.2) is 6.71 Å². The number of fused-ring (bicyclic) bond motifs is 8. The number of nitrogens with zero attached hydrogens (tertiary/aromatic N) is 2. The van der Waals surface area contributed by atoms with E-state index in [1.807, 2.05) is 0 Å². The maximum absolute atomic E-state index is 2.77. The third-order valence-corrected chi connectivity index (χ3v) is 18.6. The summed E-state index contributed by atoms with van der Waals surface area (Å²) in [7, 11) is 0. The summed E-state index contributed by atoms with van der Waals surface area (Å²) in [4.78, 5) is 5.46. The summed E-state index contributed by atoms with van der Waals surface area (Å²) in [6, 6.07) is 33.2. The van der Waals surface area contributed by atoms with Crippen LogP contribution < -0.4 is 25.5 Å². The minimum absolute atomic E-state index is 0.0196. The van der Waals surface area contributed by atoms with Gasteiger partial charge in [0.15, 0.2) is 0 Å². The van der Waals surface area contributed by atoms with Crippen LogP contribution >= 0.6 is 11.3 Å². The van der Waals surface area contributed by atoms with Gasteiger partial charge in [0.25, 0.3) is 6.71 Å². The van der Waals surface area contributed by atoms with Crippen molar-refractivity contribution in [1.82, 2.24) is 0 Å². The normalized spacial score (nSPS) is 19.0. The smallest absolute Gasteiger partial charge is 0.264 e. The molecular weight excluding hydrogens is 840 g/mol. The van der Waals surface area contributed by atoms with E-state index in [0.717, 1.165) is 0 Å². The lowest BCUT2D eigenvalue weighted by atomic mass is 9.36. The van der Waals surface area contributed by atoms with E-state index in [4.69, 9.17) is 0 Å². The Morgan fingerprint density at radius 1 is 0.426 bits per heavy atom. The molecule has 10 rings (SSSR count). The number of rotatable bonds is 2. The fraction of sp³-hybridized carbons (Fsp3) is 0.500. The topological polar surface area (TPSA) is 6.48 Å². The second-order valence-corrected chi connectivity index (χ2v) is 29.6. The summed E-state index contributed by atoms with van der Waals surface area (Å²) in [6.07, 6.45) is 4.79. The minimum atomic E-state index is -0.105. The molecule has 0 unspecified atom stereocenters. The van der Waals surface area contributed by atoms with Gasteiger partial charge in [0, 0.05) is 43.3 Å². The molecule has 0 N–H and O–H groups in total. The van der Waals surface area contributed by atoms with Crippen molar-refractivity contribution in [3.05, 3.63) is 123 Å². The molecule has 0 atom stereocenters. The van der Waals surface area contributed by atoms with Crippen LogP contribution in [0.3, 0.4) is 0 Å². The van der Waals surface area contributed by atoms with Gasteiger partial charge in [-0.1, -0.05) is 163 Å². The van der Waals surface area contributed by atoms with Crippen molar-refractivity contribution in [1.29, 1.82) is 0 Å². The SMILES string of the molecule is CC(C)(C)c1cc(N2c3ccc(C(C)(C)C)cc3B3c4sc5cc6c(cc5c4N(c4ccc5c(c4)C(C)(C)CCC5(C)C)c4cc(C(C)(C)C)cc2c43)C(C)(C)CCC6(C)C)cc(C(C)(C)C)c1. The van der Waals surface area contributed by atoms with Crippen LogP contribution in [0.25, 0.3) is 10.1 Å². The first-order valence-corrected chi connectivity index (χ1v) is 26.9. The summed E-state index contributed by atoms with van der Waals surface area (Å²) in [5, 5.41) is 1.41. The molecule has 0 bridgehead atoms. The highest BCUT2D eigenvalue weighted by Gasteiger charge is 2.48.